The zero-order valence-electron chi connectivity index (χ0n) is 26.6. The molecule has 3 heteroatoms. The zero-order valence-corrected chi connectivity index (χ0v) is 26.6. The highest BCUT2D eigenvalue weighted by Gasteiger charge is 2.17. The minimum Gasteiger partial charge on any atom is -0.455 e. The lowest BCUT2D eigenvalue weighted by atomic mass is 9.98. The minimum absolute atomic E-state index is 0.905. The van der Waals surface area contributed by atoms with Gasteiger partial charge in [-0.05, 0) is 89.3 Å². The Kier molecular flexibility index (Phi) is 6.18. The summed E-state index contributed by atoms with van der Waals surface area (Å²) in [4.78, 5) is 2.32. The van der Waals surface area contributed by atoms with E-state index in [9.17, 15) is 0 Å². The average molecular weight is 627 g/mol. The van der Waals surface area contributed by atoms with Crippen LogP contribution in [0.5, 0.6) is 0 Å². The Morgan fingerprint density at radius 2 is 1.00 bits per heavy atom. The number of nitrogens with zero attached hydrogens (tertiary/aromatic N) is 2. The summed E-state index contributed by atoms with van der Waals surface area (Å²) in [7, 11) is 0. The molecule has 10 rings (SSSR count). The summed E-state index contributed by atoms with van der Waals surface area (Å²) in [6.45, 7) is 0. The number of furan rings is 1. The molecule has 0 bridgehead atoms. The van der Waals surface area contributed by atoms with E-state index in [0.717, 1.165) is 55.6 Å². The molecule has 0 N–H and O–H groups in total. The lowest BCUT2D eigenvalue weighted by molar-refractivity contribution is 0.673. The molecule has 0 saturated heterocycles. The van der Waals surface area contributed by atoms with Gasteiger partial charge < -0.3 is 13.9 Å². The zero-order chi connectivity index (χ0) is 32.3. The SMILES string of the molecule is c1ccc(N(c2ccc(-c3cccc4oc5c6ccccc6ccc5c34)cc2)c2ccc(-n3c4ccccc4c4ccccc43)cc2)cc1. The first-order valence-corrected chi connectivity index (χ1v) is 16.7. The molecule has 10 aromatic rings. The van der Waals surface area contributed by atoms with Crippen LogP contribution in [-0.2, 0) is 0 Å². The van der Waals surface area contributed by atoms with Crippen LogP contribution < -0.4 is 4.90 Å². The number of aromatic nitrogens is 1. The first kappa shape index (κ1) is 27.5. The van der Waals surface area contributed by atoms with Crippen LogP contribution in [0.1, 0.15) is 0 Å². The van der Waals surface area contributed by atoms with Crippen LogP contribution in [0.15, 0.2) is 186 Å². The second-order valence-electron chi connectivity index (χ2n) is 12.5. The fourth-order valence-corrected chi connectivity index (χ4v) is 7.56. The first-order valence-electron chi connectivity index (χ1n) is 16.7. The third-order valence-electron chi connectivity index (χ3n) is 9.78. The molecule has 0 saturated carbocycles. The minimum atomic E-state index is 0.905. The number of benzene rings is 8. The number of hydrogen-bond acceptors (Lipinski definition) is 2. The fraction of sp³-hybridized carbons (Fsp3) is 0. The Labute approximate surface area is 283 Å². The molecule has 0 aliphatic carbocycles. The Morgan fingerprint density at radius 1 is 0.408 bits per heavy atom. The highest BCUT2D eigenvalue weighted by atomic mass is 16.3. The summed E-state index contributed by atoms with van der Waals surface area (Å²) in [6.07, 6.45) is 0. The maximum absolute atomic E-state index is 6.48. The first-order chi connectivity index (χ1) is 24.3. The average Bonchev–Trinajstić information content (AvgIpc) is 3.73. The fourth-order valence-electron chi connectivity index (χ4n) is 7.56. The molecule has 0 fully saturated rings. The van der Waals surface area contributed by atoms with E-state index in [4.69, 9.17) is 4.42 Å². The van der Waals surface area contributed by atoms with Crippen molar-refractivity contribution in [3.05, 3.63) is 182 Å². The van der Waals surface area contributed by atoms with Gasteiger partial charge in [0.2, 0.25) is 0 Å². The number of anilines is 3. The number of rotatable bonds is 5. The molecule has 0 aliphatic heterocycles. The highest BCUT2D eigenvalue weighted by molar-refractivity contribution is 6.19. The van der Waals surface area contributed by atoms with Gasteiger partial charge in [0.25, 0.3) is 0 Å². The van der Waals surface area contributed by atoms with E-state index in [0.29, 0.717) is 0 Å². The van der Waals surface area contributed by atoms with Crippen molar-refractivity contribution in [3.63, 3.8) is 0 Å². The monoisotopic (exact) mass is 626 g/mol. The number of fused-ring (bicyclic) bond motifs is 8. The van der Waals surface area contributed by atoms with Crippen molar-refractivity contribution in [3.8, 4) is 16.8 Å². The van der Waals surface area contributed by atoms with Gasteiger partial charge in [-0.1, -0.05) is 109 Å². The van der Waals surface area contributed by atoms with E-state index in [1.54, 1.807) is 0 Å². The number of para-hydroxylation sites is 3. The van der Waals surface area contributed by atoms with Gasteiger partial charge in [0.05, 0.1) is 11.0 Å². The van der Waals surface area contributed by atoms with E-state index >= 15 is 0 Å². The van der Waals surface area contributed by atoms with Gasteiger partial charge >= 0.3 is 0 Å². The Bertz CT molecular complexity index is 2750. The molecule has 3 nitrogen and oxygen atoms in total. The van der Waals surface area contributed by atoms with E-state index in [1.165, 1.54) is 32.8 Å². The van der Waals surface area contributed by atoms with E-state index in [-0.39, 0.29) is 0 Å². The van der Waals surface area contributed by atoms with Crippen molar-refractivity contribution in [1.29, 1.82) is 0 Å². The molecule has 2 heterocycles. The summed E-state index contributed by atoms with van der Waals surface area (Å²) < 4.78 is 8.84. The van der Waals surface area contributed by atoms with E-state index in [1.807, 2.05) is 0 Å². The smallest absolute Gasteiger partial charge is 0.143 e. The molecule has 230 valence electrons. The van der Waals surface area contributed by atoms with Crippen LogP contribution >= 0.6 is 0 Å². The molecule has 0 spiro atoms. The van der Waals surface area contributed by atoms with Crippen molar-refractivity contribution >= 4 is 71.6 Å². The van der Waals surface area contributed by atoms with Crippen molar-refractivity contribution in [2.24, 2.45) is 0 Å². The van der Waals surface area contributed by atoms with Gasteiger partial charge in [-0.25, -0.2) is 0 Å². The Balaban J connectivity index is 1.07. The van der Waals surface area contributed by atoms with Crippen molar-refractivity contribution in [1.82, 2.24) is 4.57 Å². The number of hydrogen-bond donors (Lipinski definition) is 0. The maximum atomic E-state index is 6.48. The molecule has 0 atom stereocenters. The third-order valence-corrected chi connectivity index (χ3v) is 9.78. The Morgan fingerprint density at radius 3 is 1.71 bits per heavy atom. The molecule has 8 aromatic carbocycles. The van der Waals surface area contributed by atoms with Crippen LogP contribution in [0.2, 0.25) is 0 Å². The van der Waals surface area contributed by atoms with Crippen LogP contribution in [0.25, 0.3) is 71.3 Å². The summed E-state index contributed by atoms with van der Waals surface area (Å²) in [5, 5.41) is 7.14. The Hall–Kier alpha value is -6.58. The lowest BCUT2D eigenvalue weighted by Crippen LogP contribution is -2.10. The van der Waals surface area contributed by atoms with Gasteiger partial charge in [0, 0.05) is 49.7 Å². The van der Waals surface area contributed by atoms with Crippen LogP contribution in [0.3, 0.4) is 0 Å². The standard InChI is InChI=1S/C46H30N2O/c1-2-12-33(13-3-1)47(35-26-28-36(29-27-35)48-42-18-8-6-15-39(42)40-16-7-9-19-43(40)48)34-24-21-32(22-25-34)37-17-10-20-44-45(37)41-30-23-31-11-4-5-14-38(31)46(41)49-44/h1-30H. The molecule has 0 unspecified atom stereocenters. The van der Waals surface area contributed by atoms with Crippen molar-refractivity contribution < 1.29 is 4.42 Å². The molecule has 0 aliphatic rings. The predicted octanol–water partition coefficient (Wildman–Crippen LogP) is 13.0. The second-order valence-corrected chi connectivity index (χ2v) is 12.5. The lowest BCUT2D eigenvalue weighted by Gasteiger charge is -2.26. The van der Waals surface area contributed by atoms with Crippen LogP contribution in [0.4, 0.5) is 17.1 Å². The summed E-state index contributed by atoms with van der Waals surface area (Å²) >= 11 is 0. The highest BCUT2D eigenvalue weighted by Crippen LogP contribution is 2.41. The molecule has 0 amide bonds. The molecular weight excluding hydrogens is 597 g/mol. The van der Waals surface area contributed by atoms with Gasteiger partial charge in [-0.2, -0.15) is 0 Å². The summed E-state index contributed by atoms with van der Waals surface area (Å²) in [6, 6.07) is 64.9. The molecule has 49 heavy (non-hydrogen) atoms. The predicted molar refractivity (Wildman–Crippen MR) is 206 cm³/mol. The summed E-state index contributed by atoms with van der Waals surface area (Å²) in [5.74, 6) is 0. The third kappa shape index (κ3) is 4.37. The van der Waals surface area contributed by atoms with E-state index in [2.05, 4.69) is 191 Å². The van der Waals surface area contributed by atoms with Crippen molar-refractivity contribution in [2.75, 3.05) is 4.90 Å². The van der Waals surface area contributed by atoms with Crippen LogP contribution in [-0.4, -0.2) is 4.57 Å². The summed E-state index contributed by atoms with van der Waals surface area (Å²) in [5.41, 5.74) is 11.0. The second kappa shape index (κ2) is 11.0. The largest absolute Gasteiger partial charge is 0.455 e. The molecular formula is C46H30N2O. The molecule has 0 radical (unpaired) electrons. The van der Waals surface area contributed by atoms with Crippen molar-refractivity contribution in [2.45, 2.75) is 0 Å². The topological polar surface area (TPSA) is 21.3 Å². The van der Waals surface area contributed by atoms with Gasteiger partial charge in [-0.15, -0.1) is 0 Å². The van der Waals surface area contributed by atoms with Gasteiger partial charge in [0.15, 0.2) is 0 Å². The maximum Gasteiger partial charge on any atom is 0.143 e. The normalized spacial score (nSPS) is 11.7. The van der Waals surface area contributed by atoms with Gasteiger partial charge in [-0.3, -0.25) is 0 Å². The molecule has 2 aromatic heterocycles. The van der Waals surface area contributed by atoms with E-state index < -0.39 is 0 Å². The van der Waals surface area contributed by atoms with Gasteiger partial charge in [0.1, 0.15) is 11.2 Å². The van der Waals surface area contributed by atoms with Crippen LogP contribution in [0, 0.1) is 0 Å². The quantitative estimate of drug-likeness (QED) is 0.190.